The van der Waals surface area contributed by atoms with Crippen LogP contribution in [0.25, 0.3) is 0 Å². The van der Waals surface area contributed by atoms with Crippen molar-refractivity contribution in [3.05, 3.63) is 58.6 Å². The molecule has 33 heavy (non-hydrogen) atoms. The second-order valence-corrected chi connectivity index (χ2v) is 8.56. The predicted octanol–water partition coefficient (Wildman–Crippen LogP) is 3.54. The van der Waals surface area contributed by atoms with Crippen LogP contribution < -0.4 is 10.1 Å². The van der Waals surface area contributed by atoms with E-state index in [2.05, 4.69) is 5.32 Å². The highest BCUT2D eigenvalue weighted by atomic mass is 35.5. The van der Waals surface area contributed by atoms with Crippen molar-refractivity contribution in [2.45, 2.75) is 37.5 Å². The van der Waals surface area contributed by atoms with Crippen LogP contribution >= 0.6 is 11.6 Å². The Labute approximate surface area is 196 Å². The zero-order valence-electron chi connectivity index (χ0n) is 18.4. The summed E-state index contributed by atoms with van der Waals surface area (Å²) in [6, 6.07) is 11.4. The minimum Gasteiger partial charge on any atom is -0.490 e. The summed E-state index contributed by atoms with van der Waals surface area (Å²) >= 11 is 5.97. The number of carbonyl (C=O) groups is 3. The summed E-state index contributed by atoms with van der Waals surface area (Å²) in [5.41, 5.74) is 1.24. The minimum atomic E-state index is -0.363. The molecule has 0 bridgehead atoms. The Morgan fingerprint density at radius 1 is 1.21 bits per heavy atom. The number of benzene rings is 2. The Kier molecular flexibility index (Phi) is 6.85. The molecule has 174 valence electrons. The highest BCUT2D eigenvalue weighted by Gasteiger charge is 2.39. The van der Waals surface area contributed by atoms with Gasteiger partial charge in [-0.2, -0.15) is 0 Å². The molecule has 0 spiro atoms. The van der Waals surface area contributed by atoms with E-state index in [1.807, 2.05) is 0 Å². The van der Waals surface area contributed by atoms with E-state index in [9.17, 15) is 14.4 Å². The van der Waals surface area contributed by atoms with Crippen molar-refractivity contribution in [3.8, 4) is 5.75 Å². The molecule has 0 saturated carbocycles. The molecule has 2 amide bonds. The molecule has 2 aliphatic rings. The summed E-state index contributed by atoms with van der Waals surface area (Å²) in [6.45, 7) is 0.237. The van der Waals surface area contributed by atoms with Gasteiger partial charge in [0.25, 0.3) is 11.8 Å². The summed E-state index contributed by atoms with van der Waals surface area (Å²) in [5.74, 6) is -0.479. The van der Waals surface area contributed by atoms with E-state index in [-0.39, 0.29) is 49.1 Å². The molecule has 9 heteroatoms. The average Bonchev–Trinajstić information content (AvgIpc) is 2.81. The third kappa shape index (κ3) is 5.12. The molecule has 8 nitrogen and oxygen atoms in total. The van der Waals surface area contributed by atoms with Crippen molar-refractivity contribution in [1.82, 2.24) is 4.90 Å². The Balaban J connectivity index is 1.52. The van der Waals surface area contributed by atoms with Gasteiger partial charge >= 0.3 is 5.97 Å². The number of hydrogen-bond acceptors (Lipinski definition) is 6. The maximum Gasteiger partial charge on any atom is 0.308 e. The van der Waals surface area contributed by atoms with E-state index in [0.29, 0.717) is 40.4 Å². The number of nitrogens with one attached hydrogen (secondary N) is 1. The number of likely N-dealkylation sites (N-methyl/N-ethyl adjacent to an activating group) is 1. The van der Waals surface area contributed by atoms with E-state index in [1.165, 1.54) is 7.11 Å². The number of esters is 1. The highest BCUT2D eigenvalue weighted by molar-refractivity contribution is 6.31. The number of carbonyl (C=O) groups excluding carboxylic acids is 3. The fourth-order valence-electron chi connectivity index (χ4n) is 4.21. The lowest BCUT2D eigenvalue weighted by atomic mass is 9.94. The molecule has 2 aliphatic heterocycles. The van der Waals surface area contributed by atoms with E-state index < -0.39 is 0 Å². The molecule has 0 aromatic heterocycles. The second kappa shape index (κ2) is 9.80. The Bertz CT molecular complexity index is 1070. The van der Waals surface area contributed by atoms with E-state index in [4.69, 9.17) is 25.8 Å². The Hall–Kier alpha value is -3.10. The molecule has 2 aromatic carbocycles. The van der Waals surface area contributed by atoms with Crippen LogP contribution in [0.1, 0.15) is 40.0 Å². The zero-order valence-corrected chi connectivity index (χ0v) is 19.1. The third-order valence-electron chi connectivity index (χ3n) is 5.98. The summed E-state index contributed by atoms with van der Waals surface area (Å²) in [4.78, 5) is 39.1. The van der Waals surface area contributed by atoms with E-state index >= 15 is 0 Å². The quantitative estimate of drug-likeness (QED) is 0.684. The van der Waals surface area contributed by atoms with E-state index in [0.717, 1.165) is 0 Å². The molecule has 2 aromatic rings. The van der Waals surface area contributed by atoms with Crippen molar-refractivity contribution in [2.24, 2.45) is 0 Å². The monoisotopic (exact) mass is 472 g/mol. The molecule has 1 saturated heterocycles. The SMILES string of the molecule is COC(=O)C[C@@H]1CC[C@H]2[C@@H](COc3ccc(NC(=O)c4cccc(Cl)c4)cc3C(=O)N2C)O1. The molecule has 1 fully saturated rings. The smallest absolute Gasteiger partial charge is 0.308 e. The van der Waals surface area contributed by atoms with Gasteiger partial charge in [0.05, 0.1) is 31.2 Å². The van der Waals surface area contributed by atoms with Crippen molar-refractivity contribution >= 4 is 35.1 Å². The number of amides is 2. The summed E-state index contributed by atoms with van der Waals surface area (Å²) in [5, 5.41) is 3.26. The van der Waals surface area contributed by atoms with Gasteiger partial charge < -0.3 is 24.4 Å². The van der Waals surface area contributed by atoms with Gasteiger partial charge in [0.15, 0.2) is 0 Å². The maximum absolute atomic E-state index is 13.3. The first-order chi connectivity index (χ1) is 15.9. The second-order valence-electron chi connectivity index (χ2n) is 8.12. The van der Waals surface area contributed by atoms with Crippen LogP contribution in [-0.4, -0.2) is 61.7 Å². The standard InChI is InChI=1S/C24H25ClN2O6/c1-27-19-8-7-17(12-22(28)31-2)33-21(19)13-32-20-9-6-16(11-18(20)24(27)30)26-23(29)14-4-3-5-15(25)10-14/h3-6,9-11,17,19,21H,7-8,12-13H2,1-2H3,(H,26,29)/t17-,19-,21+/m0/s1. The van der Waals surface area contributed by atoms with Gasteiger partial charge in [-0.05, 0) is 49.2 Å². The zero-order chi connectivity index (χ0) is 23.5. The van der Waals surface area contributed by atoms with Crippen molar-refractivity contribution in [3.63, 3.8) is 0 Å². The van der Waals surface area contributed by atoms with Crippen molar-refractivity contribution in [2.75, 3.05) is 26.1 Å². The van der Waals surface area contributed by atoms with Crippen LogP contribution in [0, 0.1) is 0 Å². The number of methoxy groups -OCH3 is 1. The summed E-state index contributed by atoms with van der Waals surface area (Å²) in [6.07, 6.45) is 0.852. The molecular weight excluding hydrogens is 448 g/mol. The number of anilines is 1. The molecule has 2 heterocycles. The van der Waals surface area contributed by atoms with Gasteiger partial charge in [0.2, 0.25) is 0 Å². The third-order valence-corrected chi connectivity index (χ3v) is 6.21. The lowest BCUT2D eigenvalue weighted by Crippen LogP contribution is -2.53. The predicted molar refractivity (Wildman–Crippen MR) is 122 cm³/mol. The van der Waals surface area contributed by atoms with E-state index in [1.54, 1.807) is 54.4 Å². The number of nitrogens with zero attached hydrogens (tertiary/aromatic N) is 1. The van der Waals surface area contributed by atoms with Gasteiger partial charge in [0.1, 0.15) is 18.5 Å². The molecule has 0 unspecified atom stereocenters. The minimum absolute atomic E-state index is 0.170. The number of rotatable bonds is 4. The van der Waals surface area contributed by atoms with Gasteiger partial charge in [-0.3, -0.25) is 14.4 Å². The van der Waals surface area contributed by atoms with Crippen LogP contribution in [0.2, 0.25) is 5.02 Å². The van der Waals surface area contributed by atoms with Crippen molar-refractivity contribution in [1.29, 1.82) is 0 Å². The van der Waals surface area contributed by atoms with Gasteiger partial charge in [-0.15, -0.1) is 0 Å². The fourth-order valence-corrected chi connectivity index (χ4v) is 4.40. The Morgan fingerprint density at radius 3 is 2.79 bits per heavy atom. The van der Waals surface area contributed by atoms with Gasteiger partial charge in [-0.1, -0.05) is 17.7 Å². The molecule has 4 rings (SSSR count). The normalized spacial score (nSPS) is 22.2. The lowest BCUT2D eigenvalue weighted by molar-refractivity contribution is -0.151. The average molecular weight is 473 g/mol. The lowest BCUT2D eigenvalue weighted by Gasteiger charge is -2.42. The van der Waals surface area contributed by atoms with Crippen LogP contribution in [-0.2, 0) is 14.3 Å². The molecule has 1 N–H and O–H groups in total. The maximum atomic E-state index is 13.3. The number of hydrogen-bond donors (Lipinski definition) is 1. The van der Waals surface area contributed by atoms with Crippen molar-refractivity contribution < 1.29 is 28.6 Å². The fraction of sp³-hybridized carbons (Fsp3) is 0.375. The molecule has 0 radical (unpaired) electrons. The Morgan fingerprint density at radius 2 is 2.03 bits per heavy atom. The first-order valence-electron chi connectivity index (χ1n) is 10.7. The van der Waals surface area contributed by atoms with Crippen LogP contribution in [0.15, 0.2) is 42.5 Å². The molecular formula is C24H25ClN2O6. The molecule has 0 aliphatic carbocycles. The molecule has 3 atom stereocenters. The summed E-state index contributed by atoms with van der Waals surface area (Å²) in [7, 11) is 3.08. The summed E-state index contributed by atoms with van der Waals surface area (Å²) < 4.78 is 16.8. The number of fused-ring (bicyclic) bond motifs is 2. The van der Waals surface area contributed by atoms with Gasteiger partial charge in [0, 0.05) is 23.3 Å². The topological polar surface area (TPSA) is 94.2 Å². The van der Waals surface area contributed by atoms with Crippen LogP contribution in [0.5, 0.6) is 5.75 Å². The van der Waals surface area contributed by atoms with Crippen LogP contribution in [0.3, 0.4) is 0 Å². The number of ether oxygens (including phenoxy) is 3. The largest absolute Gasteiger partial charge is 0.490 e. The first-order valence-corrected chi connectivity index (χ1v) is 11.1. The highest BCUT2D eigenvalue weighted by Crippen LogP contribution is 2.32. The van der Waals surface area contributed by atoms with Crippen LogP contribution in [0.4, 0.5) is 5.69 Å². The van der Waals surface area contributed by atoms with Gasteiger partial charge in [-0.25, -0.2) is 0 Å². The number of halogens is 1. The first kappa shape index (κ1) is 23.1.